The van der Waals surface area contributed by atoms with Crippen LogP contribution in [0, 0.1) is 6.92 Å². The number of aryl methyl sites for hydroxylation is 1. The lowest BCUT2D eigenvalue weighted by atomic mass is 10.1. The van der Waals surface area contributed by atoms with E-state index in [1.807, 2.05) is 37.3 Å². The second kappa shape index (κ2) is 8.67. The second-order valence-corrected chi connectivity index (χ2v) is 6.79. The predicted octanol–water partition coefficient (Wildman–Crippen LogP) is 3.41. The number of carbonyl (C=O) groups excluding carboxylic acids is 2. The van der Waals surface area contributed by atoms with Crippen molar-refractivity contribution in [1.82, 2.24) is 4.90 Å². The van der Waals surface area contributed by atoms with Crippen molar-refractivity contribution in [2.45, 2.75) is 13.3 Å². The fourth-order valence-electron chi connectivity index (χ4n) is 2.10. The number of likely N-dealkylation sites (N-methyl/N-ethyl adjacent to an activating group) is 1. The minimum absolute atomic E-state index is 0.0360. The van der Waals surface area contributed by atoms with Crippen LogP contribution in [0.3, 0.4) is 0 Å². The fraction of sp³-hybridized carbons (Fsp3) is 0.263. The molecule has 0 fully saturated rings. The molecule has 0 spiro atoms. The molecule has 0 saturated heterocycles. The standard InChI is InChI=1S/C19H21BrN2O3/c1-13-4-9-17(16(20)10-13)25-12-18(23)21-15-7-5-14(6-8-15)11-19(24)22(2)3/h4-10H,11-12H2,1-3H3,(H,21,23). The molecular formula is C19H21BrN2O3. The van der Waals surface area contributed by atoms with Gasteiger partial charge in [-0.1, -0.05) is 18.2 Å². The first-order valence-electron chi connectivity index (χ1n) is 7.83. The van der Waals surface area contributed by atoms with Crippen LogP contribution in [0.4, 0.5) is 5.69 Å². The highest BCUT2D eigenvalue weighted by Crippen LogP contribution is 2.25. The monoisotopic (exact) mass is 404 g/mol. The van der Waals surface area contributed by atoms with E-state index in [-0.39, 0.29) is 18.4 Å². The predicted molar refractivity (Wildman–Crippen MR) is 102 cm³/mol. The van der Waals surface area contributed by atoms with Crippen molar-refractivity contribution in [2.75, 3.05) is 26.0 Å². The highest BCUT2D eigenvalue weighted by atomic mass is 79.9. The van der Waals surface area contributed by atoms with Gasteiger partial charge in [-0.15, -0.1) is 0 Å². The molecule has 2 aromatic carbocycles. The molecule has 6 heteroatoms. The van der Waals surface area contributed by atoms with Gasteiger partial charge in [0.15, 0.2) is 6.61 Å². The molecule has 0 unspecified atom stereocenters. The van der Waals surface area contributed by atoms with Gasteiger partial charge in [0.25, 0.3) is 5.91 Å². The second-order valence-electron chi connectivity index (χ2n) is 5.93. The van der Waals surface area contributed by atoms with Crippen LogP contribution in [0.25, 0.3) is 0 Å². The highest BCUT2D eigenvalue weighted by Gasteiger charge is 2.08. The van der Waals surface area contributed by atoms with Gasteiger partial charge in [-0.25, -0.2) is 0 Å². The van der Waals surface area contributed by atoms with Gasteiger partial charge in [0.2, 0.25) is 5.91 Å². The zero-order valence-electron chi connectivity index (χ0n) is 14.5. The van der Waals surface area contributed by atoms with Crippen molar-refractivity contribution >= 4 is 33.4 Å². The zero-order valence-corrected chi connectivity index (χ0v) is 16.1. The molecule has 0 aliphatic heterocycles. The lowest BCUT2D eigenvalue weighted by Gasteiger charge is -2.11. The average molecular weight is 405 g/mol. The van der Waals surface area contributed by atoms with E-state index < -0.39 is 0 Å². The van der Waals surface area contributed by atoms with E-state index in [2.05, 4.69) is 21.2 Å². The molecule has 1 N–H and O–H groups in total. The van der Waals surface area contributed by atoms with Gasteiger partial charge >= 0.3 is 0 Å². The van der Waals surface area contributed by atoms with Gasteiger partial charge < -0.3 is 15.0 Å². The van der Waals surface area contributed by atoms with Gasteiger partial charge in [-0.05, 0) is 58.2 Å². The Morgan fingerprint density at radius 2 is 1.80 bits per heavy atom. The normalized spacial score (nSPS) is 10.2. The Morgan fingerprint density at radius 1 is 1.12 bits per heavy atom. The number of benzene rings is 2. The van der Waals surface area contributed by atoms with Crippen LogP contribution in [0.2, 0.25) is 0 Å². The molecule has 0 radical (unpaired) electrons. The van der Waals surface area contributed by atoms with Crippen molar-refractivity contribution in [3.05, 3.63) is 58.1 Å². The Kier molecular flexibility index (Phi) is 6.58. The molecule has 0 aromatic heterocycles. The minimum atomic E-state index is -0.246. The van der Waals surface area contributed by atoms with Gasteiger partial charge in [-0.2, -0.15) is 0 Å². The van der Waals surface area contributed by atoms with Crippen LogP contribution in [-0.4, -0.2) is 37.4 Å². The molecule has 0 aliphatic carbocycles. The third kappa shape index (κ3) is 5.90. The van der Waals surface area contributed by atoms with E-state index in [4.69, 9.17) is 4.74 Å². The quantitative estimate of drug-likeness (QED) is 0.802. The molecule has 0 aliphatic rings. The summed E-state index contributed by atoms with van der Waals surface area (Å²) < 4.78 is 6.33. The summed E-state index contributed by atoms with van der Waals surface area (Å²) in [7, 11) is 3.45. The number of halogens is 1. The number of carbonyl (C=O) groups is 2. The number of nitrogens with zero attached hydrogens (tertiary/aromatic N) is 1. The molecule has 0 saturated carbocycles. The van der Waals surface area contributed by atoms with E-state index >= 15 is 0 Å². The summed E-state index contributed by atoms with van der Waals surface area (Å²) in [6.45, 7) is 1.90. The number of rotatable bonds is 6. The van der Waals surface area contributed by atoms with Crippen molar-refractivity contribution in [1.29, 1.82) is 0 Å². The first-order valence-corrected chi connectivity index (χ1v) is 8.62. The minimum Gasteiger partial charge on any atom is -0.483 e. The van der Waals surface area contributed by atoms with Crippen LogP contribution in [0.1, 0.15) is 11.1 Å². The van der Waals surface area contributed by atoms with Crippen LogP contribution in [-0.2, 0) is 16.0 Å². The Balaban J connectivity index is 1.87. The van der Waals surface area contributed by atoms with E-state index in [1.165, 1.54) is 0 Å². The summed E-state index contributed by atoms with van der Waals surface area (Å²) in [4.78, 5) is 25.2. The summed E-state index contributed by atoms with van der Waals surface area (Å²) in [6.07, 6.45) is 0.339. The van der Waals surface area contributed by atoms with E-state index in [9.17, 15) is 9.59 Å². The Morgan fingerprint density at radius 3 is 2.40 bits per heavy atom. The topological polar surface area (TPSA) is 58.6 Å². The smallest absolute Gasteiger partial charge is 0.262 e. The third-order valence-electron chi connectivity index (χ3n) is 3.54. The Hall–Kier alpha value is -2.34. The van der Waals surface area contributed by atoms with E-state index in [0.717, 1.165) is 15.6 Å². The molecule has 0 atom stereocenters. The van der Waals surface area contributed by atoms with Gasteiger partial charge in [-0.3, -0.25) is 9.59 Å². The van der Waals surface area contributed by atoms with Crippen LogP contribution in [0.5, 0.6) is 5.75 Å². The molecule has 132 valence electrons. The third-order valence-corrected chi connectivity index (χ3v) is 4.16. The van der Waals surface area contributed by atoms with Gasteiger partial charge in [0.05, 0.1) is 10.9 Å². The molecule has 0 bridgehead atoms. The molecule has 5 nitrogen and oxygen atoms in total. The van der Waals surface area contributed by atoms with Crippen molar-refractivity contribution in [3.8, 4) is 5.75 Å². The van der Waals surface area contributed by atoms with Crippen LogP contribution >= 0.6 is 15.9 Å². The highest BCUT2D eigenvalue weighted by molar-refractivity contribution is 9.10. The maximum atomic E-state index is 12.0. The summed E-state index contributed by atoms with van der Waals surface area (Å²) in [6, 6.07) is 12.9. The number of nitrogens with one attached hydrogen (secondary N) is 1. The fourth-order valence-corrected chi connectivity index (χ4v) is 2.71. The lowest BCUT2D eigenvalue weighted by Crippen LogP contribution is -2.23. The summed E-state index contributed by atoms with van der Waals surface area (Å²) in [5.74, 6) is 0.414. The van der Waals surface area contributed by atoms with Crippen LogP contribution < -0.4 is 10.1 Å². The number of hydrogen-bond donors (Lipinski definition) is 1. The maximum Gasteiger partial charge on any atom is 0.262 e. The lowest BCUT2D eigenvalue weighted by molar-refractivity contribution is -0.128. The van der Waals surface area contributed by atoms with Crippen molar-refractivity contribution < 1.29 is 14.3 Å². The maximum absolute atomic E-state index is 12.0. The Labute approximate surface area is 156 Å². The molecule has 2 aromatic rings. The largest absolute Gasteiger partial charge is 0.483 e. The van der Waals surface area contributed by atoms with Crippen LogP contribution in [0.15, 0.2) is 46.9 Å². The number of anilines is 1. The van der Waals surface area contributed by atoms with E-state index in [1.54, 1.807) is 31.1 Å². The number of hydrogen-bond acceptors (Lipinski definition) is 3. The first kappa shape index (κ1) is 19.0. The molecular weight excluding hydrogens is 384 g/mol. The molecule has 25 heavy (non-hydrogen) atoms. The Bertz CT molecular complexity index is 758. The van der Waals surface area contributed by atoms with Gasteiger partial charge in [0.1, 0.15) is 5.75 Å². The first-order chi connectivity index (χ1) is 11.8. The summed E-state index contributed by atoms with van der Waals surface area (Å²) >= 11 is 3.41. The van der Waals surface area contributed by atoms with E-state index in [0.29, 0.717) is 17.9 Å². The van der Waals surface area contributed by atoms with Crippen molar-refractivity contribution in [2.24, 2.45) is 0 Å². The molecule has 2 amide bonds. The zero-order chi connectivity index (χ0) is 18.4. The summed E-state index contributed by atoms with van der Waals surface area (Å²) in [5, 5.41) is 2.77. The van der Waals surface area contributed by atoms with Gasteiger partial charge in [0, 0.05) is 19.8 Å². The summed E-state index contributed by atoms with van der Waals surface area (Å²) in [5.41, 5.74) is 2.67. The number of amides is 2. The molecule has 2 rings (SSSR count). The SMILES string of the molecule is Cc1ccc(OCC(=O)Nc2ccc(CC(=O)N(C)C)cc2)c(Br)c1. The molecule has 0 heterocycles. The average Bonchev–Trinajstić information content (AvgIpc) is 2.55. The van der Waals surface area contributed by atoms with Crippen molar-refractivity contribution in [3.63, 3.8) is 0 Å². The number of ether oxygens (including phenoxy) is 1.